The number of aromatic nitrogens is 3. The van der Waals surface area contributed by atoms with Gasteiger partial charge in [0.2, 0.25) is 5.91 Å². The maximum absolute atomic E-state index is 11.8. The second kappa shape index (κ2) is 7.65. The number of carbonyl (C=O) groups is 2. The number of ether oxygens (including phenoxy) is 1. The van der Waals surface area contributed by atoms with Gasteiger partial charge in [0.05, 0.1) is 6.54 Å². The minimum absolute atomic E-state index is 0.0171. The molecule has 25 heavy (non-hydrogen) atoms. The van der Waals surface area contributed by atoms with Crippen molar-refractivity contribution in [2.45, 2.75) is 6.92 Å². The van der Waals surface area contributed by atoms with E-state index in [2.05, 4.69) is 20.6 Å². The van der Waals surface area contributed by atoms with Gasteiger partial charge in [0.1, 0.15) is 30.6 Å². The number of nitrogens with one attached hydrogen (secondary N) is 2. The molecule has 2 aromatic rings. The molecule has 0 radical (unpaired) electrons. The SMILES string of the molecule is Cc1nc(NCCNC(=O)CN2CCOC2=O)cc(-n2cccc2)n1. The van der Waals surface area contributed by atoms with Crippen LogP contribution in [0.25, 0.3) is 5.82 Å². The van der Waals surface area contributed by atoms with Gasteiger partial charge >= 0.3 is 6.09 Å². The van der Waals surface area contributed by atoms with Gasteiger partial charge in [-0.2, -0.15) is 0 Å². The standard InChI is InChI=1S/C16H20N6O3/c1-12-19-13(10-14(20-12)21-6-2-3-7-21)17-4-5-18-15(23)11-22-8-9-25-16(22)24/h2-3,6-7,10H,4-5,8-9,11H2,1H3,(H,18,23)(H,17,19,20). The lowest BCUT2D eigenvalue weighted by molar-refractivity contribution is -0.121. The summed E-state index contributed by atoms with van der Waals surface area (Å²) in [6.07, 6.45) is 3.38. The van der Waals surface area contributed by atoms with E-state index in [0.717, 1.165) is 5.82 Å². The fourth-order valence-electron chi connectivity index (χ4n) is 2.45. The predicted octanol–water partition coefficient (Wildman–Crippen LogP) is 0.556. The van der Waals surface area contributed by atoms with E-state index in [-0.39, 0.29) is 12.5 Å². The molecule has 1 saturated heterocycles. The Kier molecular flexibility index (Phi) is 5.12. The van der Waals surface area contributed by atoms with Gasteiger partial charge in [-0.15, -0.1) is 0 Å². The van der Waals surface area contributed by atoms with Crippen LogP contribution in [0, 0.1) is 6.92 Å². The number of amides is 2. The predicted molar refractivity (Wildman–Crippen MR) is 90.5 cm³/mol. The quantitative estimate of drug-likeness (QED) is 0.712. The largest absolute Gasteiger partial charge is 0.448 e. The Morgan fingerprint density at radius 1 is 1.28 bits per heavy atom. The van der Waals surface area contributed by atoms with E-state index in [1.807, 2.05) is 42.1 Å². The van der Waals surface area contributed by atoms with E-state index < -0.39 is 6.09 Å². The van der Waals surface area contributed by atoms with Crippen molar-refractivity contribution < 1.29 is 14.3 Å². The van der Waals surface area contributed by atoms with Crippen molar-refractivity contribution in [3.05, 3.63) is 36.4 Å². The summed E-state index contributed by atoms with van der Waals surface area (Å²) in [5, 5.41) is 5.92. The molecule has 9 nitrogen and oxygen atoms in total. The Labute approximate surface area is 145 Å². The van der Waals surface area contributed by atoms with Gasteiger partial charge in [-0.25, -0.2) is 14.8 Å². The van der Waals surface area contributed by atoms with E-state index in [9.17, 15) is 9.59 Å². The van der Waals surface area contributed by atoms with Gasteiger partial charge in [0.15, 0.2) is 0 Å². The average molecular weight is 344 g/mol. The Balaban J connectivity index is 1.46. The Bertz CT molecular complexity index is 746. The van der Waals surface area contributed by atoms with Crippen molar-refractivity contribution in [3.8, 4) is 5.82 Å². The molecule has 0 aromatic carbocycles. The molecule has 0 atom stereocenters. The van der Waals surface area contributed by atoms with E-state index in [1.165, 1.54) is 4.90 Å². The third kappa shape index (κ3) is 4.46. The van der Waals surface area contributed by atoms with E-state index in [4.69, 9.17) is 4.74 Å². The van der Waals surface area contributed by atoms with Crippen molar-refractivity contribution in [1.82, 2.24) is 24.8 Å². The van der Waals surface area contributed by atoms with Gasteiger partial charge < -0.3 is 19.9 Å². The first-order valence-corrected chi connectivity index (χ1v) is 8.03. The van der Waals surface area contributed by atoms with Crippen LogP contribution in [0.3, 0.4) is 0 Å². The highest BCUT2D eigenvalue weighted by Gasteiger charge is 2.23. The van der Waals surface area contributed by atoms with Crippen LogP contribution in [0.15, 0.2) is 30.6 Å². The highest BCUT2D eigenvalue weighted by Crippen LogP contribution is 2.11. The van der Waals surface area contributed by atoms with Crippen LogP contribution in [-0.4, -0.2) is 64.2 Å². The summed E-state index contributed by atoms with van der Waals surface area (Å²) in [6.45, 7) is 3.57. The average Bonchev–Trinajstić information content (AvgIpc) is 3.24. The zero-order valence-corrected chi connectivity index (χ0v) is 13.9. The highest BCUT2D eigenvalue weighted by atomic mass is 16.6. The van der Waals surface area contributed by atoms with Crippen LogP contribution in [0.1, 0.15) is 5.82 Å². The second-order valence-electron chi connectivity index (χ2n) is 5.56. The number of cyclic esters (lactones) is 1. The van der Waals surface area contributed by atoms with Gasteiger partial charge in [-0.3, -0.25) is 9.69 Å². The lowest BCUT2D eigenvalue weighted by atomic mass is 10.4. The van der Waals surface area contributed by atoms with E-state index in [1.54, 1.807) is 0 Å². The topological polar surface area (TPSA) is 101 Å². The number of carbonyl (C=O) groups excluding carboxylic acids is 2. The van der Waals surface area contributed by atoms with E-state index in [0.29, 0.717) is 37.9 Å². The lowest BCUT2D eigenvalue weighted by Gasteiger charge is -2.13. The molecule has 2 aromatic heterocycles. The van der Waals surface area contributed by atoms with Crippen LogP contribution in [-0.2, 0) is 9.53 Å². The van der Waals surface area contributed by atoms with Crippen molar-refractivity contribution in [3.63, 3.8) is 0 Å². The van der Waals surface area contributed by atoms with Crippen molar-refractivity contribution in [2.75, 3.05) is 38.1 Å². The van der Waals surface area contributed by atoms with Crippen molar-refractivity contribution >= 4 is 17.8 Å². The zero-order chi connectivity index (χ0) is 17.6. The Morgan fingerprint density at radius 3 is 2.80 bits per heavy atom. The highest BCUT2D eigenvalue weighted by molar-refractivity contribution is 5.82. The molecule has 1 aliphatic rings. The summed E-state index contributed by atoms with van der Waals surface area (Å²) < 4.78 is 6.68. The molecule has 9 heteroatoms. The molecule has 0 saturated carbocycles. The second-order valence-corrected chi connectivity index (χ2v) is 5.56. The van der Waals surface area contributed by atoms with Crippen LogP contribution < -0.4 is 10.6 Å². The first-order valence-electron chi connectivity index (χ1n) is 8.03. The number of hydrogen-bond donors (Lipinski definition) is 2. The molecule has 3 heterocycles. The van der Waals surface area contributed by atoms with E-state index >= 15 is 0 Å². The molecule has 0 bridgehead atoms. The third-order valence-electron chi connectivity index (χ3n) is 3.63. The maximum atomic E-state index is 11.8. The molecular weight excluding hydrogens is 324 g/mol. The van der Waals surface area contributed by atoms with Gasteiger partial charge in [-0.1, -0.05) is 0 Å². The van der Waals surface area contributed by atoms with Crippen molar-refractivity contribution in [2.24, 2.45) is 0 Å². The van der Waals surface area contributed by atoms with Crippen LogP contribution in [0.2, 0.25) is 0 Å². The molecule has 1 aliphatic heterocycles. The van der Waals surface area contributed by atoms with Crippen LogP contribution >= 0.6 is 0 Å². The third-order valence-corrected chi connectivity index (χ3v) is 3.63. The molecule has 3 rings (SSSR count). The number of nitrogens with zero attached hydrogens (tertiary/aromatic N) is 4. The van der Waals surface area contributed by atoms with Crippen molar-refractivity contribution in [1.29, 1.82) is 0 Å². The monoisotopic (exact) mass is 344 g/mol. The summed E-state index contributed by atoms with van der Waals surface area (Å²) in [7, 11) is 0. The van der Waals surface area contributed by atoms with Crippen LogP contribution in [0.4, 0.5) is 10.6 Å². The van der Waals surface area contributed by atoms with Gasteiger partial charge in [0, 0.05) is 31.5 Å². The molecule has 1 fully saturated rings. The summed E-state index contributed by atoms with van der Waals surface area (Å²) in [4.78, 5) is 33.2. The van der Waals surface area contributed by atoms with Crippen LogP contribution in [0.5, 0.6) is 0 Å². The fraction of sp³-hybridized carbons (Fsp3) is 0.375. The number of aryl methyl sites for hydroxylation is 1. The molecule has 2 N–H and O–H groups in total. The summed E-state index contributed by atoms with van der Waals surface area (Å²) in [6, 6.07) is 5.70. The molecule has 0 unspecified atom stereocenters. The Hall–Kier alpha value is -3.10. The minimum atomic E-state index is -0.442. The Morgan fingerprint density at radius 2 is 2.08 bits per heavy atom. The molecular formula is C16H20N6O3. The fourth-order valence-corrected chi connectivity index (χ4v) is 2.45. The molecule has 0 aliphatic carbocycles. The molecule has 132 valence electrons. The number of rotatable bonds is 7. The zero-order valence-electron chi connectivity index (χ0n) is 13.9. The summed E-state index contributed by atoms with van der Waals surface area (Å²) in [5.41, 5.74) is 0. The lowest BCUT2D eigenvalue weighted by Crippen LogP contribution is -2.39. The summed E-state index contributed by atoms with van der Waals surface area (Å²) in [5.74, 6) is 1.91. The number of anilines is 1. The van der Waals surface area contributed by atoms with Gasteiger partial charge in [0.25, 0.3) is 0 Å². The molecule has 2 amide bonds. The normalized spacial score (nSPS) is 13.6. The smallest absolute Gasteiger partial charge is 0.410 e. The first kappa shape index (κ1) is 16.7. The number of hydrogen-bond acceptors (Lipinski definition) is 6. The summed E-state index contributed by atoms with van der Waals surface area (Å²) >= 11 is 0. The maximum Gasteiger partial charge on any atom is 0.410 e. The molecule has 0 spiro atoms. The van der Waals surface area contributed by atoms with Gasteiger partial charge in [-0.05, 0) is 19.1 Å². The first-order chi connectivity index (χ1) is 12.1. The minimum Gasteiger partial charge on any atom is -0.448 e.